The van der Waals surface area contributed by atoms with Gasteiger partial charge in [0.2, 0.25) is 0 Å². The standard InChI is InChI=1S/C28H41N3O/c1-5-22(4)19-29-27(32)30-17-15-28(16-18-30)20-31(21(2)3)26(28)25-13-11-24(12-14-25)23-9-7-6-8-10-23/h6-13,21-22,25-26H,5,14-20H2,1-4H3,(H,29,32)/t22-,25?,26?/m0/s1. The molecule has 32 heavy (non-hydrogen) atoms. The smallest absolute Gasteiger partial charge is 0.317 e. The summed E-state index contributed by atoms with van der Waals surface area (Å²) in [6.07, 6.45) is 11.7. The van der Waals surface area contributed by atoms with Crippen LogP contribution in [-0.2, 0) is 0 Å². The highest BCUT2D eigenvalue weighted by Crippen LogP contribution is 2.51. The molecule has 3 aliphatic rings. The Balaban J connectivity index is 1.39. The van der Waals surface area contributed by atoms with Crippen molar-refractivity contribution in [2.45, 2.75) is 65.5 Å². The predicted octanol–water partition coefficient (Wildman–Crippen LogP) is 5.58. The van der Waals surface area contributed by atoms with E-state index in [0.29, 0.717) is 29.3 Å². The molecular weight excluding hydrogens is 394 g/mol. The lowest BCUT2D eigenvalue weighted by atomic mass is 9.60. The molecule has 2 fully saturated rings. The largest absolute Gasteiger partial charge is 0.338 e. The van der Waals surface area contributed by atoms with E-state index in [2.05, 4.69) is 86.5 Å². The van der Waals surface area contributed by atoms with Crippen LogP contribution in [0.25, 0.3) is 5.57 Å². The van der Waals surface area contributed by atoms with Gasteiger partial charge < -0.3 is 10.2 Å². The van der Waals surface area contributed by atoms with E-state index in [-0.39, 0.29) is 6.03 Å². The van der Waals surface area contributed by atoms with Gasteiger partial charge in [0, 0.05) is 43.7 Å². The highest BCUT2D eigenvalue weighted by Gasteiger charge is 2.56. The van der Waals surface area contributed by atoms with Crippen LogP contribution < -0.4 is 5.32 Å². The first-order valence-corrected chi connectivity index (χ1v) is 12.7. The average Bonchev–Trinajstić information content (AvgIpc) is 2.82. The van der Waals surface area contributed by atoms with Crippen molar-refractivity contribution in [1.29, 1.82) is 0 Å². The van der Waals surface area contributed by atoms with Crippen LogP contribution in [0.1, 0.15) is 58.9 Å². The molecule has 3 atom stereocenters. The zero-order valence-corrected chi connectivity index (χ0v) is 20.4. The quantitative estimate of drug-likeness (QED) is 0.633. The molecular formula is C28H41N3O. The number of urea groups is 1. The number of hydrogen-bond acceptors (Lipinski definition) is 2. The van der Waals surface area contributed by atoms with Gasteiger partial charge in [0.05, 0.1) is 0 Å². The summed E-state index contributed by atoms with van der Waals surface area (Å²) in [6, 6.07) is 12.0. The number of piperidine rings is 1. The van der Waals surface area contributed by atoms with Crippen LogP contribution in [0, 0.1) is 17.3 Å². The van der Waals surface area contributed by atoms with E-state index in [4.69, 9.17) is 0 Å². The Kier molecular flexibility index (Phi) is 7.09. The monoisotopic (exact) mass is 435 g/mol. The van der Waals surface area contributed by atoms with Gasteiger partial charge in [0.25, 0.3) is 0 Å². The van der Waals surface area contributed by atoms with Crippen LogP contribution >= 0.6 is 0 Å². The molecule has 2 saturated heterocycles. The topological polar surface area (TPSA) is 35.6 Å². The van der Waals surface area contributed by atoms with Crippen LogP contribution in [0.5, 0.6) is 0 Å². The number of amides is 2. The molecule has 1 spiro atoms. The van der Waals surface area contributed by atoms with Crippen molar-refractivity contribution < 1.29 is 4.79 Å². The molecule has 4 rings (SSSR count). The van der Waals surface area contributed by atoms with Gasteiger partial charge in [-0.1, -0.05) is 68.8 Å². The van der Waals surface area contributed by atoms with Crippen molar-refractivity contribution in [3.63, 3.8) is 0 Å². The molecule has 2 amide bonds. The second kappa shape index (κ2) is 9.82. The minimum atomic E-state index is 0.129. The van der Waals surface area contributed by atoms with E-state index in [1.54, 1.807) is 0 Å². The summed E-state index contributed by atoms with van der Waals surface area (Å²) in [7, 11) is 0. The van der Waals surface area contributed by atoms with Crippen molar-refractivity contribution in [2.24, 2.45) is 17.3 Å². The number of carbonyl (C=O) groups excluding carboxylic acids is 1. The summed E-state index contributed by atoms with van der Waals surface area (Å²) in [4.78, 5) is 17.4. The molecule has 2 unspecified atom stereocenters. The van der Waals surface area contributed by atoms with E-state index >= 15 is 0 Å². The normalized spacial score (nSPS) is 26.0. The van der Waals surface area contributed by atoms with Gasteiger partial charge in [0.1, 0.15) is 0 Å². The maximum atomic E-state index is 12.6. The summed E-state index contributed by atoms with van der Waals surface area (Å²) < 4.78 is 0. The van der Waals surface area contributed by atoms with Crippen molar-refractivity contribution in [1.82, 2.24) is 15.1 Å². The summed E-state index contributed by atoms with van der Waals surface area (Å²) in [5.41, 5.74) is 3.01. The predicted molar refractivity (Wildman–Crippen MR) is 133 cm³/mol. The maximum absolute atomic E-state index is 12.6. The third-order valence-corrected chi connectivity index (χ3v) is 8.14. The summed E-state index contributed by atoms with van der Waals surface area (Å²) in [5.74, 6) is 1.10. The molecule has 1 aliphatic carbocycles. The molecule has 0 saturated carbocycles. The van der Waals surface area contributed by atoms with E-state index in [1.807, 2.05) is 4.90 Å². The molecule has 174 valence electrons. The molecule has 0 radical (unpaired) electrons. The van der Waals surface area contributed by atoms with Crippen LogP contribution in [0.4, 0.5) is 4.79 Å². The highest BCUT2D eigenvalue weighted by molar-refractivity contribution is 5.75. The zero-order valence-electron chi connectivity index (χ0n) is 20.4. The second-order valence-electron chi connectivity index (χ2n) is 10.5. The SMILES string of the molecule is CC[C@H](C)CNC(=O)N1CCC2(CC1)CN(C(C)C)C2C1C=CC(c2ccccc2)=CC1. The summed E-state index contributed by atoms with van der Waals surface area (Å²) >= 11 is 0. The number of nitrogens with one attached hydrogen (secondary N) is 1. The third kappa shape index (κ3) is 4.66. The number of hydrogen-bond donors (Lipinski definition) is 1. The third-order valence-electron chi connectivity index (χ3n) is 8.14. The number of allylic oxidation sites excluding steroid dienone is 3. The van der Waals surface area contributed by atoms with Gasteiger partial charge in [0.15, 0.2) is 0 Å². The molecule has 2 heterocycles. The maximum Gasteiger partial charge on any atom is 0.317 e. The second-order valence-corrected chi connectivity index (χ2v) is 10.5. The molecule has 0 aromatic heterocycles. The minimum Gasteiger partial charge on any atom is -0.338 e. The number of nitrogens with zero attached hydrogens (tertiary/aromatic N) is 2. The molecule has 2 aliphatic heterocycles. The summed E-state index contributed by atoms with van der Waals surface area (Å²) in [6.45, 7) is 12.8. The van der Waals surface area contributed by atoms with Crippen molar-refractivity contribution >= 4 is 11.6 Å². The van der Waals surface area contributed by atoms with Crippen LogP contribution in [0.2, 0.25) is 0 Å². The molecule has 1 aromatic carbocycles. The van der Waals surface area contributed by atoms with Gasteiger partial charge in [-0.2, -0.15) is 0 Å². The lowest BCUT2D eigenvalue weighted by Crippen LogP contribution is -2.71. The minimum absolute atomic E-state index is 0.129. The van der Waals surface area contributed by atoms with Gasteiger partial charge in [-0.15, -0.1) is 0 Å². The Morgan fingerprint density at radius 2 is 1.88 bits per heavy atom. The lowest BCUT2D eigenvalue weighted by molar-refractivity contribution is -0.136. The van der Waals surface area contributed by atoms with Crippen molar-refractivity contribution in [3.8, 4) is 0 Å². The van der Waals surface area contributed by atoms with Crippen molar-refractivity contribution in [3.05, 3.63) is 54.1 Å². The molecule has 4 nitrogen and oxygen atoms in total. The number of benzene rings is 1. The first-order chi connectivity index (χ1) is 15.4. The van der Waals surface area contributed by atoms with Crippen LogP contribution in [0.3, 0.4) is 0 Å². The van der Waals surface area contributed by atoms with E-state index in [1.165, 1.54) is 17.7 Å². The number of likely N-dealkylation sites (tertiary alicyclic amines) is 2. The Morgan fingerprint density at radius 3 is 2.47 bits per heavy atom. The van der Waals surface area contributed by atoms with Crippen molar-refractivity contribution in [2.75, 3.05) is 26.2 Å². The molecule has 1 N–H and O–H groups in total. The molecule has 0 bridgehead atoms. The zero-order chi connectivity index (χ0) is 22.7. The van der Waals surface area contributed by atoms with E-state index in [9.17, 15) is 4.79 Å². The number of carbonyl (C=O) groups is 1. The first-order valence-electron chi connectivity index (χ1n) is 12.7. The highest BCUT2D eigenvalue weighted by atomic mass is 16.2. The van der Waals surface area contributed by atoms with Gasteiger partial charge in [-0.3, -0.25) is 4.90 Å². The fourth-order valence-electron chi connectivity index (χ4n) is 5.84. The Morgan fingerprint density at radius 1 is 1.16 bits per heavy atom. The van der Waals surface area contributed by atoms with Gasteiger partial charge >= 0.3 is 6.03 Å². The summed E-state index contributed by atoms with van der Waals surface area (Å²) in [5, 5.41) is 3.15. The number of rotatable bonds is 6. The van der Waals surface area contributed by atoms with Gasteiger partial charge in [-0.05, 0) is 56.1 Å². The first kappa shape index (κ1) is 23.1. The fraction of sp³-hybridized carbons (Fsp3) is 0.607. The van der Waals surface area contributed by atoms with Gasteiger partial charge in [-0.25, -0.2) is 4.79 Å². The lowest BCUT2D eigenvalue weighted by Gasteiger charge is -2.64. The van der Waals surface area contributed by atoms with Crippen LogP contribution in [0.15, 0.2) is 48.6 Å². The average molecular weight is 436 g/mol. The van der Waals surface area contributed by atoms with E-state index in [0.717, 1.165) is 45.3 Å². The van der Waals surface area contributed by atoms with E-state index < -0.39 is 0 Å². The Labute approximate surface area is 194 Å². The molecule has 4 heteroatoms. The Bertz CT molecular complexity index is 835. The van der Waals surface area contributed by atoms with Crippen LogP contribution in [-0.4, -0.2) is 54.1 Å². The fourth-order valence-corrected chi connectivity index (χ4v) is 5.84. The Hall–Kier alpha value is -2.07. The molecule has 1 aromatic rings.